The van der Waals surface area contributed by atoms with Crippen molar-refractivity contribution in [2.75, 3.05) is 12.4 Å². The first-order valence-corrected chi connectivity index (χ1v) is 5.73. The van der Waals surface area contributed by atoms with E-state index in [1.807, 2.05) is 0 Å². The summed E-state index contributed by atoms with van der Waals surface area (Å²) >= 11 is 5.47. The number of hydrogen-bond donors (Lipinski definition) is 1. The summed E-state index contributed by atoms with van der Waals surface area (Å²) in [5.41, 5.74) is 0.390. The minimum atomic E-state index is -0.485. The highest BCUT2D eigenvalue weighted by atomic mass is 35.5. The fourth-order valence-corrected chi connectivity index (χ4v) is 1.50. The van der Waals surface area contributed by atoms with Crippen molar-refractivity contribution >= 4 is 23.2 Å². The highest BCUT2D eigenvalue weighted by Gasteiger charge is 2.14. The van der Waals surface area contributed by atoms with E-state index in [9.17, 15) is 14.9 Å². The van der Waals surface area contributed by atoms with Gasteiger partial charge in [0.1, 0.15) is 0 Å². The second-order valence-corrected chi connectivity index (χ2v) is 3.83. The van der Waals surface area contributed by atoms with Gasteiger partial charge in [0, 0.05) is 24.1 Å². The standard InChI is InChI=1S/C11H13ClN2O3/c12-6-3-7-13-11(15)8-9-4-1-2-5-10(9)14(16)17/h1-2,4-5H,3,6-8H2,(H,13,15). The predicted molar refractivity (Wildman–Crippen MR) is 65.1 cm³/mol. The molecule has 1 rings (SSSR count). The number of rotatable bonds is 6. The number of carbonyl (C=O) groups is 1. The maximum atomic E-state index is 11.5. The Balaban J connectivity index is 2.61. The number of halogens is 1. The van der Waals surface area contributed by atoms with Crippen molar-refractivity contribution < 1.29 is 9.72 Å². The van der Waals surface area contributed by atoms with E-state index in [4.69, 9.17) is 11.6 Å². The zero-order chi connectivity index (χ0) is 12.7. The van der Waals surface area contributed by atoms with Gasteiger partial charge in [0.25, 0.3) is 5.69 Å². The molecule has 0 heterocycles. The van der Waals surface area contributed by atoms with Crippen molar-refractivity contribution in [3.8, 4) is 0 Å². The average molecular weight is 257 g/mol. The Labute approximate surface area is 104 Å². The maximum absolute atomic E-state index is 11.5. The largest absolute Gasteiger partial charge is 0.356 e. The van der Waals surface area contributed by atoms with Crippen LogP contribution in [0.3, 0.4) is 0 Å². The van der Waals surface area contributed by atoms with Crippen molar-refractivity contribution in [1.29, 1.82) is 0 Å². The number of benzene rings is 1. The summed E-state index contributed by atoms with van der Waals surface area (Å²) in [6.07, 6.45) is 0.698. The molecule has 0 aliphatic rings. The molecule has 1 aromatic carbocycles. The molecule has 0 bridgehead atoms. The second kappa shape index (κ2) is 6.85. The summed E-state index contributed by atoms with van der Waals surface area (Å²) in [5, 5.41) is 13.4. The predicted octanol–water partition coefficient (Wildman–Crippen LogP) is 1.88. The van der Waals surface area contributed by atoms with E-state index in [-0.39, 0.29) is 18.0 Å². The molecule has 0 fully saturated rings. The fourth-order valence-electron chi connectivity index (χ4n) is 1.37. The lowest BCUT2D eigenvalue weighted by Gasteiger charge is -2.04. The average Bonchev–Trinajstić information content (AvgIpc) is 2.29. The van der Waals surface area contributed by atoms with Gasteiger partial charge in [-0.25, -0.2) is 0 Å². The van der Waals surface area contributed by atoms with Gasteiger partial charge in [0.15, 0.2) is 0 Å². The molecule has 0 saturated heterocycles. The summed E-state index contributed by atoms with van der Waals surface area (Å²) in [5.74, 6) is 0.246. The van der Waals surface area contributed by atoms with Gasteiger partial charge in [0.05, 0.1) is 11.3 Å². The van der Waals surface area contributed by atoms with Crippen LogP contribution in [0.5, 0.6) is 0 Å². The summed E-state index contributed by atoms with van der Waals surface area (Å²) in [7, 11) is 0. The maximum Gasteiger partial charge on any atom is 0.273 e. The lowest BCUT2D eigenvalue weighted by atomic mass is 10.1. The highest BCUT2D eigenvalue weighted by molar-refractivity contribution is 6.17. The van der Waals surface area contributed by atoms with E-state index < -0.39 is 4.92 Å². The zero-order valence-electron chi connectivity index (χ0n) is 9.19. The third-order valence-electron chi connectivity index (χ3n) is 2.17. The second-order valence-electron chi connectivity index (χ2n) is 3.46. The molecular formula is C11H13ClN2O3. The molecule has 0 saturated carbocycles. The van der Waals surface area contributed by atoms with E-state index in [2.05, 4.69) is 5.32 Å². The number of nitro benzene ring substituents is 1. The number of para-hydroxylation sites is 1. The zero-order valence-corrected chi connectivity index (χ0v) is 9.94. The Hall–Kier alpha value is -1.62. The summed E-state index contributed by atoms with van der Waals surface area (Å²) < 4.78 is 0. The SMILES string of the molecule is O=C(Cc1ccccc1[N+](=O)[O-])NCCCCl. The van der Waals surface area contributed by atoms with Crippen LogP contribution in [0.25, 0.3) is 0 Å². The molecule has 92 valence electrons. The molecular weight excluding hydrogens is 244 g/mol. The fraction of sp³-hybridized carbons (Fsp3) is 0.364. The monoisotopic (exact) mass is 256 g/mol. The lowest BCUT2D eigenvalue weighted by Crippen LogP contribution is -2.26. The normalized spacial score (nSPS) is 9.94. The Bertz CT molecular complexity index is 409. The quantitative estimate of drug-likeness (QED) is 0.366. The van der Waals surface area contributed by atoms with Crippen molar-refractivity contribution in [1.82, 2.24) is 5.32 Å². The minimum absolute atomic E-state index is 0.0133. The van der Waals surface area contributed by atoms with Crippen molar-refractivity contribution in [3.05, 3.63) is 39.9 Å². The Morgan fingerprint density at radius 3 is 2.76 bits per heavy atom. The van der Waals surface area contributed by atoms with Crippen LogP contribution in [0.1, 0.15) is 12.0 Å². The number of hydrogen-bond acceptors (Lipinski definition) is 3. The van der Waals surface area contributed by atoms with Crippen molar-refractivity contribution in [3.63, 3.8) is 0 Å². The molecule has 0 aliphatic heterocycles. The van der Waals surface area contributed by atoms with E-state index in [1.165, 1.54) is 6.07 Å². The van der Waals surface area contributed by atoms with Crippen LogP contribution < -0.4 is 5.32 Å². The Morgan fingerprint density at radius 1 is 1.41 bits per heavy atom. The summed E-state index contributed by atoms with van der Waals surface area (Å²) in [6, 6.07) is 6.22. The molecule has 1 N–H and O–H groups in total. The van der Waals surface area contributed by atoms with Crippen LogP contribution in [0.15, 0.2) is 24.3 Å². The summed E-state index contributed by atoms with van der Waals surface area (Å²) in [6.45, 7) is 0.489. The molecule has 0 aromatic heterocycles. The van der Waals surface area contributed by atoms with E-state index in [1.54, 1.807) is 18.2 Å². The number of nitrogens with one attached hydrogen (secondary N) is 1. The molecule has 1 amide bonds. The lowest BCUT2D eigenvalue weighted by molar-refractivity contribution is -0.385. The molecule has 17 heavy (non-hydrogen) atoms. The number of nitro groups is 1. The smallest absolute Gasteiger partial charge is 0.273 e. The van der Waals surface area contributed by atoms with Gasteiger partial charge in [-0.2, -0.15) is 0 Å². The molecule has 1 aromatic rings. The first kappa shape index (κ1) is 13.4. The van der Waals surface area contributed by atoms with Gasteiger partial charge in [-0.05, 0) is 6.42 Å². The topological polar surface area (TPSA) is 72.2 Å². The van der Waals surface area contributed by atoms with Crippen LogP contribution in [-0.4, -0.2) is 23.3 Å². The Morgan fingerprint density at radius 2 is 2.12 bits per heavy atom. The van der Waals surface area contributed by atoms with E-state index in [0.29, 0.717) is 24.4 Å². The third kappa shape index (κ3) is 4.40. The van der Waals surface area contributed by atoms with Gasteiger partial charge in [-0.15, -0.1) is 11.6 Å². The van der Waals surface area contributed by atoms with Crippen molar-refractivity contribution in [2.24, 2.45) is 0 Å². The number of amides is 1. The van der Waals surface area contributed by atoms with Crippen LogP contribution in [0.4, 0.5) is 5.69 Å². The van der Waals surface area contributed by atoms with E-state index >= 15 is 0 Å². The van der Waals surface area contributed by atoms with Crippen LogP contribution >= 0.6 is 11.6 Å². The Kier molecular flexibility index (Phi) is 5.42. The minimum Gasteiger partial charge on any atom is -0.356 e. The number of nitrogens with zero attached hydrogens (tertiary/aromatic N) is 1. The molecule has 0 radical (unpaired) electrons. The van der Waals surface area contributed by atoms with Crippen molar-refractivity contribution in [2.45, 2.75) is 12.8 Å². The van der Waals surface area contributed by atoms with Crippen LogP contribution in [0, 0.1) is 10.1 Å². The van der Waals surface area contributed by atoms with E-state index in [0.717, 1.165) is 0 Å². The summed E-state index contributed by atoms with van der Waals surface area (Å²) in [4.78, 5) is 21.7. The van der Waals surface area contributed by atoms with Crippen LogP contribution in [0.2, 0.25) is 0 Å². The molecule has 0 spiro atoms. The molecule has 6 heteroatoms. The van der Waals surface area contributed by atoms with Gasteiger partial charge >= 0.3 is 0 Å². The van der Waals surface area contributed by atoms with Gasteiger partial charge in [-0.1, -0.05) is 18.2 Å². The van der Waals surface area contributed by atoms with Gasteiger partial charge in [0.2, 0.25) is 5.91 Å². The molecule has 5 nitrogen and oxygen atoms in total. The van der Waals surface area contributed by atoms with Crippen LogP contribution in [-0.2, 0) is 11.2 Å². The van der Waals surface area contributed by atoms with Gasteiger partial charge in [-0.3, -0.25) is 14.9 Å². The first-order chi connectivity index (χ1) is 8.15. The highest BCUT2D eigenvalue weighted by Crippen LogP contribution is 2.17. The first-order valence-electron chi connectivity index (χ1n) is 5.20. The molecule has 0 atom stereocenters. The third-order valence-corrected chi connectivity index (χ3v) is 2.44. The number of alkyl halides is 1. The molecule has 0 unspecified atom stereocenters. The van der Waals surface area contributed by atoms with Gasteiger partial charge < -0.3 is 5.32 Å². The molecule has 0 aliphatic carbocycles. The number of carbonyl (C=O) groups excluding carboxylic acids is 1.